The van der Waals surface area contributed by atoms with Crippen LogP contribution in [0.3, 0.4) is 0 Å². The first kappa shape index (κ1) is 18.2. The second-order valence-electron chi connectivity index (χ2n) is 6.61. The molecule has 1 aromatic rings. The Morgan fingerprint density at radius 2 is 2.17 bits per heavy atom. The third kappa shape index (κ3) is 4.67. The summed E-state index contributed by atoms with van der Waals surface area (Å²) in [6.07, 6.45) is 1.76. The van der Waals surface area contributed by atoms with Gasteiger partial charge >= 0.3 is 0 Å². The highest BCUT2D eigenvalue weighted by Crippen LogP contribution is 2.15. The van der Waals surface area contributed by atoms with Crippen molar-refractivity contribution >= 4 is 11.8 Å². The molecule has 0 saturated carbocycles. The fourth-order valence-electron chi connectivity index (χ4n) is 2.92. The lowest BCUT2D eigenvalue weighted by atomic mass is 9.97. The molecular weight excluding hydrogens is 308 g/mol. The number of amides is 2. The molecule has 2 heterocycles. The molecule has 7 heteroatoms. The molecule has 2 amide bonds. The van der Waals surface area contributed by atoms with Crippen molar-refractivity contribution in [1.29, 1.82) is 0 Å². The smallest absolute Gasteiger partial charge is 0.261 e. The molecule has 4 N–H and O–H groups in total. The van der Waals surface area contributed by atoms with Crippen molar-refractivity contribution in [2.45, 2.75) is 32.6 Å². The maximum Gasteiger partial charge on any atom is 0.261 e. The summed E-state index contributed by atoms with van der Waals surface area (Å²) < 4.78 is 0. The summed E-state index contributed by atoms with van der Waals surface area (Å²) in [7, 11) is 0. The number of piperidine rings is 1. The van der Waals surface area contributed by atoms with Crippen molar-refractivity contribution in [3.8, 4) is 0 Å². The Labute approximate surface area is 141 Å². The van der Waals surface area contributed by atoms with Gasteiger partial charge in [0.05, 0.1) is 5.92 Å². The highest BCUT2D eigenvalue weighted by molar-refractivity contribution is 5.93. The molecule has 1 unspecified atom stereocenters. The van der Waals surface area contributed by atoms with Gasteiger partial charge in [-0.3, -0.25) is 14.4 Å². The second-order valence-corrected chi connectivity index (χ2v) is 6.61. The van der Waals surface area contributed by atoms with Crippen molar-refractivity contribution in [2.24, 2.45) is 11.7 Å². The number of hydrogen-bond acceptors (Lipinski definition) is 4. The van der Waals surface area contributed by atoms with Gasteiger partial charge in [0.15, 0.2) is 0 Å². The molecule has 0 bridgehead atoms. The van der Waals surface area contributed by atoms with Gasteiger partial charge in [0.1, 0.15) is 5.56 Å². The van der Waals surface area contributed by atoms with Gasteiger partial charge in [-0.05, 0) is 37.4 Å². The summed E-state index contributed by atoms with van der Waals surface area (Å²) in [6, 6.07) is 3.33. The average molecular weight is 334 g/mol. The molecule has 1 aliphatic heterocycles. The highest BCUT2D eigenvalue weighted by atomic mass is 16.2. The van der Waals surface area contributed by atoms with Crippen LogP contribution in [0.5, 0.6) is 0 Å². The van der Waals surface area contributed by atoms with Crippen LogP contribution < -0.4 is 16.6 Å². The summed E-state index contributed by atoms with van der Waals surface area (Å²) in [5.41, 5.74) is 5.92. The number of H-pyrrole nitrogens is 1. The van der Waals surface area contributed by atoms with Gasteiger partial charge in [-0.25, -0.2) is 0 Å². The first-order valence-electron chi connectivity index (χ1n) is 8.41. The molecule has 7 nitrogen and oxygen atoms in total. The molecule has 132 valence electrons. The third-order valence-electron chi connectivity index (χ3n) is 4.42. The lowest BCUT2D eigenvalue weighted by Gasteiger charge is -2.31. The Kier molecular flexibility index (Phi) is 6.14. The van der Waals surface area contributed by atoms with Crippen molar-refractivity contribution in [1.82, 2.24) is 15.2 Å². The molecule has 0 radical (unpaired) electrons. The van der Waals surface area contributed by atoms with E-state index in [0.717, 1.165) is 25.1 Å². The molecule has 2 rings (SSSR count). The number of carbonyl (C=O) groups is 2. The van der Waals surface area contributed by atoms with E-state index in [2.05, 4.69) is 15.2 Å². The molecule has 0 aliphatic carbocycles. The van der Waals surface area contributed by atoms with Crippen LogP contribution in [0.25, 0.3) is 0 Å². The largest absolute Gasteiger partial charge is 0.369 e. The molecule has 1 atom stereocenters. The van der Waals surface area contributed by atoms with Gasteiger partial charge in [-0.1, -0.05) is 13.8 Å². The Bertz CT molecular complexity index is 653. The highest BCUT2D eigenvalue weighted by Gasteiger charge is 2.23. The molecule has 1 saturated heterocycles. The van der Waals surface area contributed by atoms with Crippen molar-refractivity contribution < 1.29 is 9.59 Å². The average Bonchev–Trinajstić information content (AvgIpc) is 2.54. The molecule has 0 spiro atoms. The number of nitrogens with zero attached hydrogens (tertiary/aromatic N) is 1. The SMILES string of the molecule is CC(C)c1ccc(C(=O)NCCN2CCCC(C(N)=O)C2)c(=O)[nH]1. The molecule has 1 fully saturated rings. The number of pyridine rings is 1. The number of aromatic amines is 1. The number of aromatic nitrogens is 1. The molecule has 0 aromatic carbocycles. The van der Waals surface area contributed by atoms with Crippen LogP contribution in [0.15, 0.2) is 16.9 Å². The van der Waals surface area contributed by atoms with Gasteiger partial charge < -0.3 is 20.9 Å². The van der Waals surface area contributed by atoms with Gasteiger partial charge in [0.2, 0.25) is 5.91 Å². The summed E-state index contributed by atoms with van der Waals surface area (Å²) in [5.74, 6) is -0.552. The second kappa shape index (κ2) is 8.10. The van der Waals surface area contributed by atoms with Crippen LogP contribution >= 0.6 is 0 Å². The van der Waals surface area contributed by atoms with E-state index >= 15 is 0 Å². The van der Waals surface area contributed by atoms with Crippen LogP contribution in [0, 0.1) is 5.92 Å². The van der Waals surface area contributed by atoms with E-state index in [0.29, 0.717) is 19.6 Å². The number of hydrogen-bond donors (Lipinski definition) is 3. The van der Waals surface area contributed by atoms with E-state index in [9.17, 15) is 14.4 Å². The first-order chi connectivity index (χ1) is 11.4. The summed E-state index contributed by atoms with van der Waals surface area (Å²) >= 11 is 0. The van der Waals surface area contributed by atoms with E-state index in [1.54, 1.807) is 12.1 Å². The maximum absolute atomic E-state index is 12.1. The van der Waals surface area contributed by atoms with Crippen molar-refractivity contribution in [2.75, 3.05) is 26.2 Å². The van der Waals surface area contributed by atoms with E-state index in [1.165, 1.54) is 0 Å². The minimum atomic E-state index is -0.380. The minimum absolute atomic E-state index is 0.110. The van der Waals surface area contributed by atoms with Crippen molar-refractivity contribution in [3.05, 3.63) is 33.7 Å². The quantitative estimate of drug-likeness (QED) is 0.701. The fraction of sp³-hybridized carbons (Fsp3) is 0.588. The Hall–Kier alpha value is -2.15. The van der Waals surface area contributed by atoms with Crippen LogP contribution in [0.2, 0.25) is 0 Å². The lowest BCUT2D eigenvalue weighted by molar-refractivity contribution is -0.123. The zero-order valence-electron chi connectivity index (χ0n) is 14.3. The monoisotopic (exact) mass is 334 g/mol. The fourth-order valence-corrected chi connectivity index (χ4v) is 2.92. The van der Waals surface area contributed by atoms with Crippen LogP contribution in [-0.4, -0.2) is 47.9 Å². The number of carbonyl (C=O) groups excluding carboxylic acids is 2. The number of rotatable bonds is 6. The van der Waals surface area contributed by atoms with E-state index in [4.69, 9.17) is 5.73 Å². The van der Waals surface area contributed by atoms with Gasteiger partial charge in [-0.15, -0.1) is 0 Å². The number of nitrogens with one attached hydrogen (secondary N) is 2. The Morgan fingerprint density at radius 3 is 2.79 bits per heavy atom. The normalized spacial score (nSPS) is 18.5. The Balaban J connectivity index is 1.85. The van der Waals surface area contributed by atoms with Crippen LogP contribution in [0.1, 0.15) is 48.7 Å². The standard InChI is InChI=1S/C17H26N4O3/c1-11(2)14-6-5-13(17(24)20-14)16(23)19-7-9-21-8-3-4-12(10-21)15(18)22/h5-6,11-12H,3-4,7-10H2,1-2H3,(H2,18,22)(H,19,23)(H,20,24). The maximum atomic E-state index is 12.1. The number of nitrogens with two attached hydrogens (primary N) is 1. The molecule has 24 heavy (non-hydrogen) atoms. The van der Waals surface area contributed by atoms with Gasteiger partial charge in [-0.2, -0.15) is 0 Å². The zero-order chi connectivity index (χ0) is 17.7. The molecule has 1 aliphatic rings. The lowest BCUT2D eigenvalue weighted by Crippen LogP contribution is -2.44. The summed E-state index contributed by atoms with van der Waals surface area (Å²) in [5, 5.41) is 2.76. The van der Waals surface area contributed by atoms with E-state index < -0.39 is 0 Å². The predicted molar refractivity (Wildman–Crippen MR) is 91.8 cm³/mol. The molecule has 1 aromatic heterocycles. The van der Waals surface area contributed by atoms with Gasteiger partial charge in [0.25, 0.3) is 11.5 Å². The van der Waals surface area contributed by atoms with Crippen LogP contribution in [-0.2, 0) is 4.79 Å². The zero-order valence-corrected chi connectivity index (χ0v) is 14.3. The summed E-state index contributed by atoms with van der Waals surface area (Å²) in [4.78, 5) is 40.2. The number of likely N-dealkylation sites (tertiary alicyclic amines) is 1. The predicted octanol–water partition coefficient (Wildman–Crippen LogP) is 0.425. The first-order valence-corrected chi connectivity index (χ1v) is 8.41. The van der Waals surface area contributed by atoms with Gasteiger partial charge in [0, 0.05) is 25.3 Å². The van der Waals surface area contributed by atoms with E-state index in [-0.39, 0.29) is 34.8 Å². The van der Waals surface area contributed by atoms with Crippen LogP contribution in [0.4, 0.5) is 0 Å². The van der Waals surface area contributed by atoms with Crippen molar-refractivity contribution in [3.63, 3.8) is 0 Å². The minimum Gasteiger partial charge on any atom is -0.369 e. The summed E-state index contributed by atoms with van der Waals surface area (Å²) in [6.45, 7) is 6.54. The Morgan fingerprint density at radius 1 is 1.42 bits per heavy atom. The van der Waals surface area contributed by atoms with E-state index in [1.807, 2.05) is 13.8 Å². The molecular formula is C17H26N4O3. The number of primary amides is 1. The third-order valence-corrected chi connectivity index (χ3v) is 4.42. The topological polar surface area (TPSA) is 108 Å².